The van der Waals surface area contributed by atoms with E-state index in [9.17, 15) is 9.59 Å². The van der Waals surface area contributed by atoms with Gasteiger partial charge in [0.15, 0.2) is 0 Å². The van der Waals surface area contributed by atoms with E-state index in [1.54, 1.807) is 0 Å². The normalized spacial score (nSPS) is 10.9. The van der Waals surface area contributed by atoms with E-state index >= 15 is 0 Å². The van der Waals surface area contributed by atoms with Gasteiger partial charge < -0.3 is 15.4 Å². The van der Waals surface area contributed by atoms with Crippen LogP contribution in [0.2, 0.25) is 0 Å². The molecule has 0 atom stereocenters. The van der Waals surface area contributed by atoms with Crippen LogP contribution in [-0.2, 0) is 14.3 Å². The van der Waals surface area contributed by atoms with Gasteiger partial charge in [-0.25, -0.2) is 0 Å². The first-order chi connectivity index (χ1) is 6.81. The Morgan fingerprint density at radius 1 is 1.13 bits per heavy atom. The Kier molecular flexibility index (Phi) is 5.93. The molecule has 5 nitrogen and oxygen atoms in total. The Morgan fingerprint density at radius 2 is 1.67 bits per heavy atom. The highest BCUT2D eigenvalue weighted by molar-refractivity contribution is 5.77. The molecule has 0 radical (unpaired) electrons. The highest BCUT2D eigenvalue weighted by Crippen LogP contribution is 2.05. The fourth-order valence-corrected chi connectivity index (χ4v) is 0.774. The molecule has 0 bridgehead atoms. The van der Waals surface area contributed by atoms with Gasteiger partial charge in [-0.1, -0.05) is 0 Å². The molecule has 0 aromatic heterocycles. The molecule has 0 saturated carbocycles. The molecular weight excluding hydrogens is 196 g/mol. The van der Waals surface area contributed by atoms with Gasteiger partial charge in [-0.3, -0.25) is 9.59 Å². The standard InChI is InChI=1S/C10H20N2O3/c1-8(13)11-5-6-12-9(14)7-15-10(2,3)4/h5-7H2,1-4H3,(H,11,13)(H,12,14). The molecule has 0 spiro atoms. The van der Waals surface area contributed by atoms with Gasteiger partial charge >= 0.3 is 0 Å². The summed E-state index contributed by atoms with van der Waals surface area (Å²) in [5, 5.41) is 5.21. The average molecular weight is 216 g/mol. The lowest BCUT2D eigenvalue weighted by molar-refractivity contribution is -0.130. The lowest BCUT2D eigenvalue weighted by Crippen LogP contribution is -2.37. The fourth-order valence-electron chi connectivity index (χ4n) is 0.774. The molecule has 0 unspecified atom stereocenters. The Balaban J connectivity index is 3.46. The Morgan fingerprint density at radius 3 is 2.13 bits per heavy atom. The number of carbonyl (C=O) groups is 2. The van der Waals surface area contributed by atoms with E-state index in [0.29, 0.717) is 13.1 Å². The van der Waals surface area contributed by atoms with Crippen molar-refractivity contribution in [3.8, 4) is 0 Å². The summed E-state index contributed by atoms with van der Waals surface area (Å²) >= 11 is 0. The van der Waals surface area contributed by atoms with Gasteiger partial charge in [-0.2, -0.15) is 0 Å². The van der Waals surface area contributed by atoms with Crippen molar-refractivity contribution >= 4 is 11.8 Å². The highest BCUT2D eigenvalue weighted by Gasteiger charge is 2.12. The predicted octanol–water partition coefficient (Wildman–Crippen LogP) is 0.0538. The molecular formula is C10H20N2O3. The highest BCUT2D eigenvalue weighted by atomic mass is 16.5. The van der Waals surface area contributed by atoms with Gasteiger partial charge in [-0.15, -0.1) is 0 Å². The number of nitrogens with one attached hydrogen (secondary N) is 2. The number of carbonyl (C=O) groups excluding carboxylic acids is 2. The van der Waals surface area contributed by atoms with E-state index in [4.69, 9.17) is 4.74 Å². The van der Waals surface area contributed by atoms with Crippen molar-refractivity contribution in [1.29, 1.82) is 0 Å². The Bertz CT molecular complexity index is 221. The van der Waals surface area contributed by atoms with Gasteiger partial charge in [0, 0.05) is 20.0 Å². The van der Waals surface area contributed by atoms with Gasteiger partial charge in [-0.05, 0) is 20.8 Å². The van der Waals surface area contributed by atoms with Crippen LogP contribution in [0.3, 0.4) is 0 Å². The second-order valence-corrected chi connectivity index (χ2v) is 4.23. The van der Waals surface area contributed by atoms with Gasteiger partial charge in [0.1, 0.15) is 6.61 Å². The minimum Gasteiger partial charge on any atom is -0.366 e. The minimum absolute atomic E-state index is 0.0452. The summed E-state index contributed by atoms with van der Waals surface area (Å²) in [6.45, 7) is 8.00. The summed E-state index contributed by atoms with van der Waals surface area (Å²) in [6.07, 6.45) is 0. The van der Waals surface area contributed by atoms with Gasteiger partial charge in [0.25, 0.3) is 0 Å². The summed E-state index contributed by atoms with van der Waals surface area (Å²) in [6, 6.07) is 0. The molecule has 0 heterocycles. The number of hydrogen-bond acceptors (Lipinski definition) is 3. The quantitative estimate of drug-likeness (QED) is 0.638. The third-order valence-electron chi connectivity index (χ3n) is 1.46. The zero-order valence-electron chi connectivity index (χ0n) is 9.85. The lowest BCUT2D eigenvalue weighted by atomic mass is 10.2. The number of hydrogen-bond donors (Lipinski definition) is 2. The molecule has 0 saturated heterocycles. The van der Waals surface area contributed by atoms with Crippen molar-refractivity contribution < 1.29 is 14.3 Å². The van der Waals surface area contributed by atoms with E-state index in [1.807, 2.05) is 20.8 Å². The van der Waals surface area contributed by atoms with Crippen LogP contribution in [0, 0.1) is 0 Å². The summed E-state index contributed by atoms with van der Waals surface area (Å²) in [5.74, 6) is -0.273. The van der Waals surface area contributed by atoms with Crippen LogP contribution in [0.5, 0.6) is 0 Å². The maximum atomic E-state index is 11.2. The van der Waals surface area contributed by atoms with E-state index in [1.165, 1.54) is 6.92 Å². The maximum Gasteiger partial charge on any atom is 0.246 e. The summed E-state index contributed by atoms with van der Waals surface area (Å²) in [7, 11) is 0. The van der Waals surface area contributed by atoms with Gasteiger partial charge in [0.2, 0.25) is 11.8 Å². The predicted molar refractivity (Wildman–Crippen MR) is 57.4 cm³/mol. The molecule has 5 heteroatoms. The molecule has 0 aliphatic carbocycles. The summed E-state index contributed by atoms with van der Waals surface area (Å²) in [5.41, 5.74) is -0.311. The SMILES string of the molecule is CC(=O)NCCNC(=O)COC(C)(C)C. The van der Waals surface area contributed by atoms with Crippen LogP contribution >= 0.6 is 0 Å². The van der Waals surface area contributed by atoms with Crippen molar-refractivity contribution in [1.82, 2.24) is 10.6 Å². The van der Waals surface area contributed by atoms with Crippen LogP contribution in [0.25, 0.3) is 0 Å². The fraction of sp³-hybridized carbons (Fsp3) is 0.800. The van der Waals surface area contributed by atoms with Crippen molar-refractivity contribution in [2.24, 2.45) is 0 Å². The van der Waals surface area contributed by atoms with Crippen LogP contribution in [0.15, 0.2) is 0 Å². The monoisotopic (exact) mass is 216 g/mol. The average Bonchev–Trinajstić information content (AvgIpc) is 2.07. The van der Waals surface area contributed by atoms with Crippen molar-refractivity contribution in [3.63, 3.8) is 0 Å². The van der Waals surface area contributed by atoms with Crippen LogP contribution in [0.4, 0.5) is 0 Å². The van der Waals surface area contributed by atoms with Crippen LogP contribution in [-0.4, -0.2) is 37.1 Å². The first-order valence-corrected chi connectivity index (χ1v) is 4.96. The molecule has 0 aliphatic rings. The second-order valence-electron chi connectivity index (χ2n) is 4.23. The minimum atomic E-state index is -0.311. The van der Waals surface area contributed by atoms with Crippen LogP contribution < -0.4 is 10.6 Å². The summed E-state index contributed by atoms with van der Waals surface area (Å²) in [4.78, 5) is 21.7. The van der Waals surface area contributed by atoms with E-state index in [0.717, 1.165) is 0 Å². The lowest BCUT2D eigenvalue weighted by Gasteiger charge is -2.18. The van der Waals surface area contributed by atoms with E-state index in [-0.39, 0.29) is 24.0 Å². The molecule has 0 aromatic carbocycles. The number of amides is 2. The first-order valence-electron chi connectivity index (χ1n) is 4.96. The molecule has 0 aliphatic heterocycles. The topological polar surface area (TPSA) is 67.4 Å². The van der Waals surface area contributed by atoms with E-state index in [2.05, 4.69) is 10.6 Å². The number of ether oxygens (including phenoxy) is 1. The Labute approximate surface area is 90.6 Å². The third kappa shape index (κ3) is 10.8. The Hall–Kier alpha value is -1.10. The van der Waals surface area contributed by atoms with Crippen molar-refractivity contribution in [3.05, 3.63) is 0 Å². The first kappa shape index (κ1) is 13.9. The molecule has 88 valence electrons. The van der Waals surface area contributed by atoms with E-state index < -0.39 is 0 Å². The second kappa shape index (κ2) is 6.40. The van der Waals surface area contributed by atoms with Crippen molar-refractivity contribution in [2.75, 3.05) is 19.7 Å². The van der Waals surface area contributed by atoms with Crippen molar-refractivity contribution in [2.45, 2.75) is 33.3 Å². The third-order valence-corrected chi connectivity index (χ3v) is 1.46. The molecule has 15 heavy (non-hydrogen) atoms. The summed E-state index contributed by atoms with van der Waals surface area (Å²) < 4.78 is 5.27. The largest absolute Gasteiger partial charge is 0.366 e. The molecule has 0 fully saturated rings. The maximum absolute atomic E-state index is 11.2. The zero-order valence-corrected chi connectivity index (χ0v) is 9.85. The molecule has 2 N–H and O–H groups in total. The van der Waals surface area contributed by atoms with Gasteiger partial charge in [0.05, 0.1) is 5.60 Å². The molecule has 0 rings (SSSR count). The number of rotatable bonds is 5. The zero-order chi connectivity index (χ0) is 11.9. The van der Waals surface area contributed by atoms with Crippen LogP contribution in [0.1, 0.15) is 27.7 Å². The molecule has 2 amide bonds. The smallest absolute Gasteiger partial charge is 0.246 e. The molecule has 0 aromatic rings.